The first-order chi connectivity index (χ1) is 15.0. The second-order valence-corrected chi connectivity index (χ2v) is 24.2. The highest BCUT2D eigenvalue weighted by atomic mass is 28.3. The Kier molecular flexibility index (Phi) is 7.16. The van der Waals surface area contributed by atoms with Crippen molar-refractivity contribution in [3.63, 3.8) is 0 Å². The lowest BCUT2D eigenvalue weighted by Crippen LogP contribution is -2.93. The lowest BCUT2D eigenvalue weighted by Gasteiger charge is -2.68. The molecule has 0 saturated heterocycles. The molecule has 0 heterocycles. The van der Waals surface area contributed by atoms with E-state index < -0.39 is 66.4 Å². The van der Waals surface area contributed by atoms with Gasteiger partial charge in [0.05, 0.1) is 16.1 Å². The summed E-state index contributed by atoms with van der Waals surface area (Å²) < 4.78 is 0. The first-order valence-corrected chi connectivity index (χ1v) is 17.8. The molecule has 1 fully saturated rings. The van der Waals surface area contributed by atoms with Crippen LogP contribution in [0.5, 0.6) is 0 Å². The van der Waals surface area contributed by atoms with Crippen molar-refractivity contribution in [2.75, 3.05) is 0 Å². The molecular formula is C25H44O7Si2. The van der Waals surface area contributed by atoms with Gasteiger partial charge >= 0.3 is 0 Å². The number of carbonyl (C=O) groups excluding carboxylic acids is 1. The summed E-state index contributed by atoms with van der Waals surface area (Å²) in [7, 11) is -6.56. The number of carbonyl (C=O) groups is 1. The van der Waals surface area contributed by atoms with Crippen molar-refractivity contribution in [1.82, 2.24) is 0 Å². The summed E-state index contributed by atoms with van der Waals surface area (Å²) in [5, 5.41) is 65.3. The van der Waals surface area contributed by atoms with Crippen molar-refractivity contribution >= 4 is 21.9 Å². The summed E-state index contributed by atoms with van der Waals surface area (Å²) in [5.74, 6) is -1.01. The predicted molar refractivity (Wildman–Crippen MR) is 138 cm³/mol. The molecule has 1 aliphatic rings. The summed E-state index contributed by atoms with van der Waals surface area (Å²) in [4.78, 5) is 13.8. The Bertz CT molecular complexity index is 921. The molecule has 0 bridgehead atoms. The molecule has 0 unspecified atom stereocenters. The van der Waals surface area contributed by atoms with Crippen LogP contribution in [-0.2, 0) is 0 Å². The van der Waals surface area contributed by atoms with Gasteiger partial charge in [-0.05, 0) is 10.1 Å². The normalized spacial score (nSPS) is 35.8. The molecule has 1 aliphatic carbocycles. The third-order valence-electron chi connectivity index (χ3n) is 9.66. The third kappa shape index (κ3) is 3.47. The van der Waals surface area contributed by atoms with E-state index in [0.717, 1.165) is 0 Å². The van der Waals surface area contributed by atoms with Crippen LogP contribution in [0.1, 0.15) is 51.9 Å². The lowest BCUT2D eigenvalue weighted by atomic mass is 9.70. The van der Waals surface area contributed by atoms with Crippen LogP contribution in [0.3, 0.4) is 0 Å². The predicted octanol–water partition coefficient (Wildman–Crippen LogP) is 2.25. The Morgan fingerprint density at radius 1 is 0.765 bits per heavy atom. The minimum atomic E-state index is -3.39. The summed E-state index contributed by atoms with van der Waals surface area (Å²) in [6, 6.07) is 7.71. The topological polar surface area (TPSA) is 138 Å². The van der Waals surface area contributed by atoms with Crippen LogP contribution >= 0.6 is 0 Å². The molecule has 1 aromatic rings. The molecule has 194 valence electrons. The van der Waals surface area contributed by atoms with Gasteiger partial charge in [0.2, 0.25) is 0 Å². The summed E-state index contributed by atoms with van der Waals surface area (Å²) in [5.41, 5.74) is -2.96. The van der Waals surface area contributed by atoms with Gasteiger partial charge in [-0.1, -0.05) is 98.1 Å². The fourth-order valence-corrected chi connectivity index (χ4v) is 11.6. The van der Waals surface area contributed by atoms with Crippen molar-refractivity contribution in [3.05, 3.63) is 35.9 Å². The number of aliphatic hydroxyl groups excluding tert-OH is 3. The number of hydrogen-bond donors (Lipinski definition) is 6. The highest BCUT2D eigenvalue weighted by molar-refractivity contribution is 6.85. The number of rotatable bonds is 4. The Hall–Kier alpha value is -0.916. The largest absolute Gasteiger partial charge is 0.388 e. The van der Waals surface area contributed by atoms with Crippen LogP contribution in [0.25, 0.3) is 0 Å². The van der Waals surface area contributed by atoms with E-state index in [9.17, 15) is 35.4 Å². The Balaban J connectivity index is 3.02. The van der Waals surface area contributed by atoms with Crippen molar-refractivity contribution in [2.24, 2.45) is 0 Å². The highest BCUT2D eigenvalue weighted by Crippen LogP contribution is 2.59. The summed E-state index contributed by atoms with van der Waals surface area (Å²) >= 11 is 0. The lowest BCUT2D eigenvalue weighted by molar-refractivity contribution is -0.285. The van der Waals surface area contributed by atoms with E-state index in [4.69, 9.17) is 0 Å². The van der Waals surface area contributed by atoms with E-state index in [-0.39, 0.29) is 5.56 Å². The highest BCUT2D eigenvalue weighted by Gasteiger charge is 2.82. The van der Waals surface area contributed by atoms with E-state index in [2.05, 4.69) is 0 Å². The molecule has 0 radical (unpaired) electrons. The van der Waals surface area contributed by atoms with Crippen LogP contribution in [0.2, 0.25) is 36.3 Å². The number of aliphatic hydroxyl groups is 6. The molecule has 0 amide bonds. The van der Waals surface area contributed by atoms with E-state index >= 15 is 0 Å². The maximum atomic E-state index is 13.8. The number of benzene rings is 1. The van der Waals surface area contributed by atoms with E-state index in [0.29, 0.717) is 0 Å². The average molecular weight is 513 g/mol. The smallest absolute Gasteiger partial charge is 0.199 e. The van der Waals surface area contributed by atoms with E-state index in [1.165, 1.54) is 12.1 Å². The van der Waals surface area contributed by atoms with Crippen molar-refractivity contribution in [3.8, 4) is 0 Å². The first-order valence-electron chi connectivity index (χ1n) is 11.8. The van der Waals surface area contributed by atoms with Crippen molar-refractivity contribution in [2.45, 2.75) is 112 Å². The van der Waals surface area contributed by atoms with Crippen LogP contribution in [0.4, 0.5) is 0 Å². The molecule has 34 heavy (non-hydrogen) atoms. The van der Waals surface area contributed by atoms with Gasteiger partial charge in [-0.3, -0.25) is 4.79 Å². The molecule has 1 saturated carbocycles. The second-order valence-electron chi connectivity index (χ2n) is 13.1. The van der Waals surface area contributed by atoms with Gasteiger partial charge in [0, 0.05) is 5.56 Å². The summed E-state index contributed by atoms with van der Waals surface area (Å²) in [6.07, 6.45) is -6.43. The molecule has 9 heteroatoms. The Morgan fingerprint density at radius 2 is 1.18 bits per heavy atom. The maximum Gasteiger partial charge on any atom is 0.199 e. The van der Waals surface area contributed by atoms with Gasteiger partial charge in [-0.15, -0.1) is 0 Å². The third-order valence-corrected chi connectivity index (χ3v) is 22.3. The summed E-state index contributed by atoms with van der Waals surface area (Å²) in [6.45, 7) is 18.1. The first kappa shape index (κ1) is 29.3. The SMILES string of the molecule is CC(C)(C)[Si](C)(C)[C@@]1(O)[C@H](O)[C@@H](O)[C@@](O)(C(=O)c2ccccc2)[C@](O)([Si](C)(C)C(C)(C)C)[C@H]1O. The molecule has 6 atom stereocenters. The Labute approximate surface area is 205 Å². The Morgan fingerprint density at radius 3 is 1.56 bits per heavy atom. The molecule has 2 rings (SSSR count). The molecule has 6 N–H and O–H groups in total. The second kappa shape index (κ2) is 8.31. The zero-order valence-electron chi connectivity index (χ0n) is 22.2. The quantitative estimate of drug-likeness (QED) is 0.269. The van der Waals surface area contributed by atoms with Gasteiger partial charge in [-0.25, -0.2) is 0 Å². The van der Waals surface area contributed by atoms with Gasteiger partial charge in [0.25, 0.3) is 0 Å². The fraction of sp³-hybridized carbons (Fsp3) is 0.720. The zero-order chi connectivity index (χ0) is 26.9. The standard InChI is InChI=1S/C25H44O7Si2/c1-21(2,3)33(7,8)24(31)19(28)18(27)23(30,17(26)16-14-12-11-13-15-16)25(32,20(24)29)34(9,10)22(4,5)6/h11-15,18-20,27-32H,1-10H3/t18-,19-,20+,23+,24+,25-/m1/s1. The molecule has 7 nitrogen and oxygen atoms in total. The minimum absolute atomic E-state index is 0.0124. The average Bonchev–Trinajstić information content (AvgIpc) is 2.73. The van der Waals surface area contributed by atoms with Crippen LogP contribution in [0, 0.1) is 0 Å². The van der Waals surface area contributed by atoms with Crippen molar-refractivity contribution in [1.29, 1.82) is 0 Å². The van der Waals surface area contributed by atoms with Crippen LogP contribution in [0.15, 0.2) is 30.3 Å². The molecule has 1 aromatic carbocycles. The zero-order valence-corrected chi connectivity index (χ0v) is 24.2. The van der Waals surface area contributed by atoms with Gasteiger partial charge in [0.15, 0.2) is 11.4 Å². The minimum Gasteiger partial charge on any atom is -0.388 e. The maximum absolute atomic E-state index is 13.8. The van der Waals surface area contributed by atoms with Gasteiger partial charge in [0.1, 0.15) is 28.8 Å². The monoisotopic (exact) mass is 512 g/mol. The molecular weight excluding hydrogens is 468 g/mol. The van der Waals surface area contributed by atoms with Crippen LogP contribution in [-0.4, -0.2) is 86.9 Å². The number of Topliss-reactive ketones (excluding diaryl/α,β-unsaturated/α-hetero) is 1. The van der Waals surface area contributed by atoms with Crippen molar-refractivity contribution < 1.29 is 35.4 Å². The fourth-order valence-electron chi connectivity index (χ4n) is 5.20. The molecule has 0 spiro atoms. The van der Waals surface area contributed by atoms with E-state index in [1.54, 1.807) is 44.4 Å². The van der Waals surface area contributed by atoms with Crippen LogP contribution < -0.4 is 0 Å². The number of hydrogen-bond acceptors (Lipinski definition) is 7. The van der Waals surface area contributed by atoms with E-state index in [1.807, 2.05) is 41.5 Å². The van der Waals surface area contributed by atoms with Gasteiger partial charge < -0.3 is 30.6 Å². The van der Waals surface area contributed by atoms with Gasteiger partial charge in [-0.2, -0.15) is 0 Å². The number of ketones is 1. The molecule has 0 aromatic heterocycles. The molecule has 0 aliphatic heterocycles.